The van der Waals surface area contributed by atoms with Crippen molar-refractivity contribution in [3.63, 3.8) is 0 Å². The first kappa shape index (κ1) is 37.9. The summed E-state index contributed by atoms with van der Waals surface area (Å²) in [5, 5.41) is 33.0. The highest BCUT2D eigenvalue weighted by Gasteiger charge is 2.44. The number of hydrogen-bond acceptors (Lipinski definition) is 8. The maximum absolute atomic E-state index is 12.9. The first-order valence-corrected chi connectivity index (χ1v) is 18.2. The number of cyclic esters (lactones) is 1. The molecule has 0 spiro atoms. The predicted molar refractivity (Wildman–Crippen MR) is 183 cm³/mol. The lowest BCUT2D eigenvalue weighted by Crippen LogP contribution is -2.62. The van der Waals surface area contributed by atoms with Gasteiger partial charge in [0.25, 0.3) is 0 Å². The second-order valence-corrected chi connectivity index (χ2v) is 14.6. The predicted octanol–water partition coefficient (Wildman–Crippen LogP) is 5.51. The van der Waals surface area contributed by atoms with Gasteiger partial charge < -0.3 is 34.6 Å². The third-order valence-corrected chi connectivity index (χ3v) is 10.7. The molecule has 11 nitrogen and oxygen atoms in total. The average Bonchev–Trinajstić information content (AvgIpc) is 3.46. The number of carbonyl (C=O) groups is 3. The van der Waals surface area contributed by atoms with Gasteiger partial charge in [0, 0.05) is 50.6 Å². The van der Waals surface area contributed by atoms with Gasteiger partial charge >= 0.3 is 18.2 Å². The summed E-state index contributed by atoms with van der Waals surface area (Å²) in [5.74, 6) is -1.35. The Labute approximate surface area is 286 Å². The molecule has 3 aliphatic heterocycles. The second kappa shape index (κ2) is 18.2. The quantitative estimate of drug-likeness (QED) is 0.105. The molecule has 1 aliphatic carbocycles. The minimum absolute atomic E-state index is 0.179. The fourth-order valence-corrected chi connectivity index (χ4v) is 7.82. The Balaban J connectivity index is 1.52. The Bertz CT molecular complexity index is 1160. The van der Waals surface area contributed by atoms with Crippen molar-refractivity contribution in [2.75, 3.05) is 39.3 Å². The molecule has 0 aromatic carbocycles. The molecule has 4 rings (SSSR count). The lowest BCUT2D eigenvalue weighted by atomic mass is 9.77. The summed E-state index contributed by atoms with van der Waals surface area (Å²) < 4.78 is 11.3. The fraction of sp³-hybridized carbons (Fsp3) is 0.757. The summed E-state index contributed by atoms with van der Waals surface area (Å²) in [6.07, 6.45) is 16.4. The van der Waals surface area contributed by atoms with Crippen molar-refractivity contribution in [1.29, 1.82) is 0 Å². The Hall–Kier alpha value is -2.89. The molecular formula is C37H59N3O8. The number of allylic oxidation sites excluding steroid dienone is 2. The van der Waals surface area contributed by atoms with Crippen LogP contribution >= 0.6 is 0 Å². The normalized spacial score (nSPS) is 33.1. The van der Waals surface area contributed by atoms with E-state index < -0.39 is 41.8 Å². The second-order valence-electron chi connectivity index (χ2n) is 14.6. The van der Waals surface area contributed by atoms with E-state index in [0.29, 0.717) is 32.1 Å². The molecule has 0 aromatic rings. The van der Waals surface area contributed by atoms with Crippen LogP contribution in [0.25, 0.3) is 0 Å². The topological polar surface area (TPSA) is 140 Å². The van der Waals surface area contributed by atoms with E-state index in [1.807, 2.05) is 44.2 Å². The Morgan fingerprint density at radius 2 is 1.75 bits per heavy atom. The van der Waals surface area contributed by atoms with Crippen molar-refractivity contribution in [2.24, 2.45) is 11.8 Å². The maximum Gasteiger partial charge on any atom is 0.409 e. The van der Waals surface area contributed by atoms with Crippen LogP contribution in [-0.2, 0) is 14.3 Å². The zero-order valence-electron chi connectivity index (χ0n) is 29.3. The standard InChI is InChI=1S/C37H59N3O8/c1-27(13-7-6-12-24-47-36(45)38-20-10-11-21-38)34-28(2)16-17-31(37(3,46)19-18-30(41)25-33(42)48-34)32-26-39(22-23-40(32)35(43)44)29-14-8-4-5-9-15-29/h6-7,13,16-17,28-32,34,41,46H,4-5,8-12,14-15,18-26H2,1-3H3,(H,43,44)/b7-6+,17-16+,27-13+/t28-,30+,31+,32?,34-,37+/m0/s1. The number of carboxylic acid groups (broad SMARTS) is 1. The van der Waals surface area contributed by atoms with Crippen molar-refractivity contribution < 1.29 is 39.2 Å². The van der Waals surface area contributed by atoms with E-state index in [1.165, 1.54) is 30.6 Å². The Kier molecular flexibility index (Phi) is 14.4. The van der Waals surface area contributed by atoms with Gasteiger partial charge in [0.2, 0.25) is 0 Å². The fourth-order valence-electron chi connectivity index (χ4n) is 7.82. The van der Waals surface area contributed by atoms with Crippen LogP contribution in [0.3, 0.4) is 0 Å². The number of hydrogen-bond donors (Lipinski definition) is 3. The molecule has 3 fully saturated rings. The maximum atomic E-state index is 12.9. The van der Waals surface area contributed by atoms with Crippen molar-refractivity contribution in [3.8, 4) is 0 Å². The minimum Gasteiger partial charge on any atom is -0.465 e. The van der Waals surface area contributed by atoms with Crippen LogP contribution in [0, 0.1) is 11.8 Å². The van der Waals surface area contributed by atoms with Gasteiger partial charge in [-0.2, -0.15) is 0 Å². The highest BCUT2D eigenvalue weighted by Crippen LogP contribution is 2.35. The number of likely N-dealkylation sites (tertiary alicyclic amines) is 1. The van der Waals surface area contributed by atoms with E-state index in [2.05, 4.69) is 4.90 Å². The first-order valence-electron chi connectivity index (χ1n) is 18.2. The monoisotopic (exact) mass is 673 g/mol. The zero-order valence-corrected chi connectivity index (χ0v) is 29.3. The van der Waals surface area contributed by atoms with E-state index >= 15 is 0 Å². The van der Waals surface area contributed by atoms with Crippen molar-refractivity contribution in [3.05, 3.63) is 36.0 Å². The smallest absolute Gasteiger partial charge is 0.409 e. The highest BCUT2D eigenvalue weighted by molar-refractivity contribution is 5.70. The molecule has 0 bridgehead atoms. The molecule has 0 aromatic heterocycles. The summed E-state index contributed by atoms with van der Waals surface area (Å²) in [6, 6.07) is -0.0631. The summed E-state index contributed by atoms with van der Waals surface area (Å²) in [6.45, 7) is 8.91. The highest BCUT2D eigenvalue weighted by atomic mass is 16.6. The minimum atomic E-state index is -1.33. The van der Waals surface area contributed by atoms with Gasteiger partial charge in [-0.3, -0.25) is 9.69 Å². The molecule has 6 atom stereocenters. The summed E-state index contributed by atoms with van der Waals surface area (Å²) in [5.41, 5.74) is -0.531. The number of ether oxygens (including phenoxy) is 2. The van der Waals surface area contributed by atoms with Gasteiger partial charge in [-0.15, -0.1) is 0 Å². The molecule has 2 saturated heterocycles. The number of nitrogens with zero attached hydrogens (tertiary/aromatic N) is 3. The Morgan fingerprint density at radius 1 is 1.04 bits per heavy atom. The van der Waals surface area contributed by atoms with E-state index in [9.17, 15) is 29.7 Å². The average molecular weight is 674 g/mol. The van der Waals surface area contributed by atoms with Crippen LogP contribution in [0.1, 0.15) is 97.8 Å². The third kappa shape index (κ3) is 10.8. The SMILES string of the molecule is C/C(=C\C=C\CCOC(=O)N1CCCC1)[C@@H]1OC(=O)C[C@H](O)CC[C@@](C)(O)[C@@H](C2CN(C3CCCCCC3)CCN2C(=O)O)/C=C/[C@@H]1C. The van der Waals surface area contributed by atoms with Crippen LogP contribution in [0.5, 0.6) is 0 Å². The molecule has 270 valence electrons. The van der Waals surface area contributed by atoms with E-state index in [1.54, 1.807) is 11.8 Å². The third-order valence-electron chi connectivity index (χ3n) is 10.7. The van der Waals surface area contributed by atoms with Crippen molar-refractivity contribution in [2.45, 2.75) is 128 Å². The van der Waals surface area contributed by atoms with Crippen LogP contribution in [0.4, 0.5) is 9.59 Å². The van der Waals surface area contributed by atoms with Crippen LogP contribution < -0.4 is 0 Å². The first-order chi connectivity index (χ1) is 23.0. The molecule has 2 amide bonds. The number of esters is 1. The van der Waals surface area contributed by atoms with Gasteiger partial charge in [0.1, 0.15) is 6.10 Å². The molecule has 3 heterocycles. The number of aliphatic hydroxyl groups is 2. The summed E-state index contributed by atoms with van der Waals surface area (Å²) in [7, 11) is 0. The molecule has 3 N–H and O–H groups in total. The van der Waals surface area contributed by atoms with E-state index in [4.69, 9.17) is 9.47 Å². The van der Waals surface area contributed by atoms with Gasteiger partial charge in [-0.1, -0.05) is 63.0 Å². The Morgan fingerprint density at radius 3 is 2.44 bits per heavy atom. The molecule has 1 unspecified atom stereocenters. The number of amides is 2. The molecule has 1 saturated carbocycles. The van der Waals surface area contributed by atoms with E-state index in [-0.39, 0.29) is 37.9 Å². The van der Waals surface area contributed by atoms with Crippen molar-refractivity contribution in [1.82, 2.24) is 14.7 Å². The van der Waals surface area contributed by atoms with Crippen molar-refractivity contribution >= 4 is 18.2 Å². The lowest BCUT2D eigenvalue weighted by Gasteiger charge is -2.48. The number of carbonyl (C=O) groups excluding carboxylic acids is 2. The molecule has 11 heteroatoms. The number of piperazine rings is 1. The molecule has 0 radical (unpaired) electrons. The molecule has 4 aliphatic rings. The lowest BCUT2D eigenvalue weighted by molar-refractivity contribution is -0.151. The largest absolute Gasteiger partial charge is 0.465 e. The van der Waals surface area contributed by atoms with E-state index in [0.717, 1.165) is 44.3 Å². The summed E-state index contributed by atoms with van der Waals surface area (Å²) in [4.78, 5) is 43.2. The summed E-state index contributed by atoms with van der Waals surface area (Å²) >= 11 is 0. The number of rotatable bonds is 7. The molecule has 48 heavy (non-hydrogen) atoms. The van der Waals surface area contributed by atoms with Gasteiger partial charge in [-0.05, 0) is 64.4 Å². The van der Waals surface area contributed by atoms with Gasteiger partial charge in [0.15, 0.2) is 0 Å². The number of aliphatic hydroxyl groups excluding tert-OH is 1. The molecular weight excluding hydrogens is 614 g/mol. The van der Waals surface area contributed by atoms with Crippen LogP contribution in [-0.4, -0.2) is 117 Å². The van der Waals surface area contributed by atoms with Crippen LogP contribution in [0.15, 0.2) is 36.0 Å². The zero-order chi connectivity index (χ0) is 34.7. The van der Waals surface area contributed by atoms with Crippen LogP contribution in [0.2, 0.25) is 0 Å². The van der Waals surface area contributed by atoms with Gasteiger partial charge in [-0.25, -0.2) is 9.59 Å². The van der Waals surface area contributed by atoms with Gasteiger partial charge in [0.05, 0.1) is 30.8 Å².